The van der Waals surface area contributed by atoms with E-state index in [9.17, 15) is 18.0 Å². The summed E-state index contributed by atoms with van der Waals surface area (Å²) in [5.74, 6) is -0.245. The molecule has 2 aromatic carbocycles. The molecule has 35 heavy (non-hydrogen) atoms. The van der Waals surface area contributed by atoms with Crippen molar-refractivity contribution in [1.82, 2.24) is 19.4 Å². The smallest absolute Gasteiger partial charge is 0.409 e. The van der Waals surface area contributed by atoms with Crippen LogP contribution in [0.3, 0.4) is 0 Å². The van der Waals surface area contributed by atoms with E-state index in [2.05, 4.69) is 15.5 Å². The summed E-state index contributed by atoms with van der Waals surface area (Å²) < 4.78 is 37.8. The molecule has 0 atom stereocenters. The Hall–Kier alpha value is -3.77. The number of ether oxygens (including phenoxy) is 1. The summed E-state index contributed by atoms with van der Waals surface area (Å²) in [6.45, 7) is 4.72. The number of benzene rings is 2. The SMILES string of the molecule is CCOC(=O)N1CCN(S(=O)(=O)c2ccc(C(=O)Nc3nnc(-c4cccc(C)c4)o3)cc2)CC1. The third-order valence-electron chi connectivity index (χ3n) is 5.43. The lowest BCUT2D eigenvalue weighted by atomic mass is 10.1. The normalized spacial score (nSPS) is 14.5. The van der Waals surface area contributed by atoms with E-state index in [4.69, 9.17) is 9.15 Å². The fourth-order valence-electron chi connectivity index (χ4n) is 3.59. The van der Waals surface area contributed by atoms with Gasteiger partial charge in [0.2, 0.25) is 15.9 Å². The van der Waals surface area contributed by atoms with E-state index in [1.807, 2.05) is 31.2 Å². The molecule has 0 aliphatic carbocycles. The maximum Gasteiger partial charge on any atom is 0.409 e. The molecule has 2 amide bonds. The van der Waals surface area contributed by atoms with E-state index in [0.29, 0.717) is 0 Å². The first-order chi connectivity index (χ1) is 16.8. The zero-order valence-corrected chi connectivity index (χ0v) is 20.1. The first-order valence-electron chi connectivity index (χ1n) is 11.0. The second kappa shape index (κ2) is 10.2. The van der Waals surface area contributed by atoms with Gasteiger partial charge >= 0.3 is 12.1 Å². The summed E-state index contributed by atoms with van der Waals surface area (Å²) in [5, 5.41) is 10.3. The molecule has 4 rings (SSSR count). The van der Waals surface area contributed by atoms with Crippen LogP contribution in [0.1, 0.15) is 22.8 Å². The van der Waals surface area contributed by atoms with Crippen molar-refractivity contribution in [3.63, 3.8) is 0 Å². The highest BCUT2D eigenvalue weighted by molar-refractivity contribution is 7.89. The molecular weight excluding hydrogens is 474 g/mol. The van der Waals surface area contributed by atoms with E-state index in [1.165, 1.54) is 33.5 Å². The van der Waals surface area contributed by atoms with E-state index in [0.717, 1.165) is 11.1 Å². The summed E-state index contributed by atoms with van der Waals surface area (Å²) in [4.78, 5) is 25.9. The van der Waals surface area contributed by atoms with Gasteiger partial charge in [-0.25, -0.2) is 13.2 Å². The van der Waals surface area contributed by atoms with Gasteiger partial charge in [-0.05, 0) is 50.2 Å². The largest absolute Gasteiger partial charge is 0.450 e. The molecule has 1 saturated heterocycles. The molecule has 1 aromatic heterocycles. The van der Waals surface area contributed by atoms with Crippen molar-refractivity contribution in [2.24, 2.45) is 0 Å². The molecule has 12 heteroatoms. The van der Waals surface area contributed by atoms with E-state index >= 15 is 0 Å². The van der Waals surface area contributed by atoms with E-state index in [1.54, 1.807) is 6.92 Å². The fraction of sp³-hybridized carbons (Fsp3) is 0.304. The third-order valence-corrected chi connectivity index (χ3v) is 7.34. The monoisotopic (exact) mass is 499 g/mol. The van der Waals surface area contributed by atoms with Crippen molar-refractivity contribution in [2.45, 2.75) is 18.7 Å². The van der Waals surface area contributed by atoms with Gasteiger partial charge in [0.25, 0.3) is 5.91 Å². The number of aromatic nitrogens is 2. The van der Waals surface area contributed by atoms with Gasteiger partial charge in [-0.3, -0.25) is 10.1 Å². The highest BCUT2D eigenvalue weighted by Crippen LogP contribution is 2.22. The molecule has 1 aliphatic heterocycles. The number of nitrogens with one attached hydrogen (secondary N) is 1. The van der Waals surface area contributed by atoms with Gasteiger partial charge in [0.15, 0.2) is 0 Å². The Morgan fingerprint density at radius 3 is 2.43 bits per heavy atom. The number of aryl methyl sites for hydroxylation is 1. The lowest BCUT2D eigenvalue weighted by Gasteiger charge is -2.33. The van der Waals surface area contributed by atoms with Crippen molar-refractivity contribution in [3.05, 3.63) is 59.7 Å². The van der Waals surface area contributed by atoms with E-state index < -0.39 is 22.0 Å². The maximum atomic E-state index is 13.0. The fourth-order valence-corrected chi connectivity index (χ4v) is 5.01. The minimum Gasteiger partial charge on any atom is -0.450 e. The number of piperazine rings is 1. The number of hydrogen-bond donors (Lipinski definition) is 1. The zero-order chi connectivity index (χ0) is 25.0. The minimum absolute atomic E-state index is 0.0539. The number of nitrogens with zero attached hydrogens (tertiary/aromatic N) is 4. The Labute approximate surface area is 202 Å². The number of carbonyl (C=O) groups excluding carboxylic acids is 2. The van der Waals surface area contributed by atoms with Gasteiger partial charge in [0.05, 0.1) is 11.5 Å². The molecule has 1 aliphatic rings. The molecule has 184 valence electrons. The molecule has 1 N–H and O–H groups in total. The van der Waals surface area contributed by atoms with Crippen LogP contribution in [0.25, 0.3) is 11.5 Å². The second-order valence-electron chi connectivity index (χ2n) is 7.85. The Bertz CT molecular complexity index is 1310. The number of hydrogen-bond acceptors (Lipinski definition) is 8. The average molecular weight is 500 g/mol. The molecule has 2 heterocycles. The van der Waals surface area contributed by atoms with E-state index in [-0.39, 0.29) is 55.2 Å². The summed E-state index contributed by atoms with van der Waals surface area (Å²) in [6.07, 6.45) is -0.452. The predicted octanol–water partition coefficient (Wildman–Crippen LogP) is 2.76. The van der Waals surface area contributed by atoms with Crippen LogP contribution < -0.4 is 5.32 Å². The number of amides is 2. The van der Waals surface area contributed by atoms with Crippen LogP contribution in [0.4, 0.5) is 10.8 Å². The van der Waals surface area contributed by atoms with Crippen LogP contribution in [0.2, 0.25) is 0 Å². The summed E-state index contributed by atoms with van der Waals surface area (Å²) in [5.41, 5.74) is 1.99. The highest BCUT2D eigenvalue weighted by atomic mass is 32.2. The van der Waals surface area contributed by atoms with Gasteiger partial charge < -0.3 is 14.1 Å². The quantitative estimate of drug-likeness (QED) is 0.547. The molecule has 0 radical (unpaired) electrons. The second-order valence-corrected chi connectivity index (χ2v) is 9.79. The number of sulfonamides is 1. The van der Waals surface area contributed by atoms with Crippen molar-refractivity contribution in [2.75, 3.05) is 38.1 Å². The molecular formula is C23H25N5O6S. The van der Waals surface area contributed by atoms with Gasteiger partial charge in [-0.15, -0.1) is 5.10 Å². The Balaban J connectivity index is 1.39. The topological polar surface area (TPSA) is 135 Å². The molecule has 1 fully saturated rings. The summed E-state index contributed by atoms with van der Waals surface area (Å²) in [7, 11) is -3.77. The zero-order valence-electron chi connectivity index (χ0n) is 19.3. The third kappa shape index (κ3) is 5.49. The Kier molecular flexibility index (Phi) is 7.12. The van der Waals surface area contributed by atoms with Crippen LogP contribution in [-0.4, -0.2) is 72.6 Å². The molecule has 0 bridgehead atoms. The summed E-state index contributed by atoms with van der Waals surface area (Å²) in [6, 6.07) is 13.0. The first kappa shape index (κ1) is 24.4. The molecule has 0 unspecified atom stereocenters. The number of carbonyl (C=O) groups is 2. The first-order valence-corrected chi connectivity index (χ1v) is 12.5. The molecule has 3 aromatic rings. The van der Waals surface area contributed by atoms with Crippen LogP contribution in [0, 0.1) is 6.92 Å². The minimum atomic E-state index is -3.77. The number of anilines is 1. The van der Waals surface area contributed by atoms with Crippen LogP contribution in [-0.2, 0) is 14.8 Å². The maximum absolute atomic E-state index is 13.0. The standard InChI is InChI=1S/C23H25N5O6S/c1-3-33-23(30)27-11-13-28(14-12-27)35(31,32)19-9-7-17(8-10-19)20(29)24-22-26-25-21(34-22)18-6-4-5-16(2)15-18/h4-10,15H,3,11-14H2,1-2H3,(H,24,26,29). The van der Waals surface area contributed by atoms with Gasteiger partial charge in [0, 0.05) is 37.3 Å². The Morgan fingerprint density at radius 2 is 1.77 bits per heavy atom. The van der Waals surface area contributed by atoms with Gasteiger partial charge in [-0.1, -0.05) is 22.8 Å². The van der Waals surface area contributed by atoms with Crippen LogP contribution >= 0.6 is 0 Å². The summed E-state index contributed by atoms with van der Waals surface area (Å²) >= 11 is 0. The van der Waals surface area contributed by atoms with Crippen LogP contribution in [0.5, 0.6) is 0 Å². The Morgan fingerprint density at radius 1 is 1.06 bits per heavy atom. The van der Waals surface area contributed by atoms with Crippen LogP contribution in [0.15, 0.2) is 57.8 Å². The highest BCUT2D eigenvalue weighted by Gasteiger charge is 2.30. The lowest BCUT2D eigenvalue weighted by molar-refractivity contribution is 0.0933. The van der Waals surface area contributed by atoms with Crippen molar-refractivity contribution in [1.29, 1.82) is 0 Å². The van der Waals surface area contributed by atoms with Crippen molar-refractivity contribution < 1.29 is 27.2 Å². The van der Waals surface area contributed by atoms with Gasteiger partial charge in [0.1, 0.15) is 0 Å². The average Bonchev–Trinajstić information content (AvgIpc) is 3.33. The van der Waals surface area contributed by atoms with Crippen molar-refractivity contribution in [3.8, 4) is 11.5 Å². The molecule has 0 saturated carbocycles. The number of rotatable bonds is 6. The van der Waals surface area contributed by atoms with Crippen molar-refractivity contribution >= 4 is 28.0 Å². The molecule has 11 nitrogen and oxygen atoms in total. The van der Waals surface area contributed by atoms with Gasteiger partial charge in [-0.2, -0.15) is 4.31 Å². The lowest BCUT2D eigenvalue weighted by Crippen LogP contribution is -2.50. The molecule has 0 spiro atoms. The predicted molar refractivity (Wildman–Crippen MR) is 126 cm³/mol.